The van der Waals surface area contributed by atoms with Crippen LogP contribution in [0.4, 0.5) is 5.69 Å². The number of carbonyl (C=O) groups is 1. The Bertz CT molecular complexity index is 808. The SMILES string of the molecule is O=C(O)c1cccc(S(=O)(=O)Nc2ccc(Br)c(Cl)c2)c1. The highest BCUT2D eigenvalue weighted by molar-refractivity contribution is 9.10. The first-order chi connectivity index (χ1) is 9.79. The summed E-state index contributed by atoms with van der Waals surface area (Å²) in [4.78, 5) is 10.7. The van der Waals surface area contributed by atoms with Gasteiger partial charge in [-0.05, 0) is 52.3 Å². The number of halogens is 2. The third-order valence-corrected chi connectivity index (χ3v) is 5.17. The Morgan fingerprint density at radius 3 is 2.52 bits per heavy atom. The number of carboxylic acid groups (broad SMARTS) is 1. The summed E-state index contributed by atoms with van der Waals surface area (Å²) in [6.07, 6.45) is 0. The Hall–Kier alpha value is -1.57. The van der Waals surface area contributed by atoms with Crippen molar-refractivity contribution in [2.24, 2.45) is 0 Å². The maximum absolute atomic E-state index is 12.2. The Balaban J connectivity index is 2.36. The fourth-order valence-electron chi connectivity index (χ4n) is 1.57. The van der Waals surface area contributed by atoms with Gasteiger partial charge in [-0.3, -0.25) is 4.72 Å². The number of anilines is 1. The van der Waals surface area contributed by atoms with E-state index >= 15 is 0 Å². The maximum Gasteiger partial charge on any atom is 0.335 e. The molecule has 0 unspecified atom stereocenters. The summed E-state index contributed by atoms with van der Waals surface area (Å²) in [5.41, 5.74) is 0.177. The topological polar surface area (TPSA) is 83.5 Å². The van der Waals surface area contributed by atoms with E-state index in [1.54, 1.807) is 6.07 Å². The first-order valence-corrected chi connectivity index (χ1v) is 8.26. The zero-order valence-corrected chi connectivity index (χ0v) is 13.5. The molecule has 0 amide bonds. The van der Waals surface area contributed by atoms with Crippen LogP contribution in [0.3, 0.4) is 0 Å². The summed E-state index contributed by atoms with van der Waals surface area (Å²) >= 11 is 9.10. The third kappa shape index (κ3) is 3.75. The van der Waals surface area contributed by atoms with Gasteiger partial charge in [-0.15, -0.1) is 0 Å². The molecule has 0 bridgehead atoms. The van der Waals surface area contributed by atoms with Crippen molar-refractivity contribution in [2.75, 3.05) is 4.72 Å². The molecule has 21 heavy (non-hydrogen) atoms. The highest BCUT2D eigenvalue weighted by Gasteiger charge is 2.16. The summed E-state index contributed by atoms with van der Waals surface area (Å²) < 4.78 is 27.4. The van der Waals surface area contributed by atoms with Gasteiger partial charge in [0, 0.05) is 4.47 Å². The number of sulfonamides is 1. The van der Waals surface area contributed by atoms with E-state index in [4.69, 9.17) is 16.7 Å². The van der Waals surface area contributed by atoms with Crippen LogP contribution < -0.4 is 4.72 Å². The lowest BCUT2D eigenvalue weighted by Crippen LogP contribution is -2.13. The van der Waals surface area contributed by atoms with Gasteiger partial charge in [0.15, 0.2) is 0 Å². The van der Waals surface area contributed by atoms with Crippen LogP contribution in [0.5, 0.6) is 0 Å². The number of hydrogen-bond acceptors (Lipinski definition) is 3. The van der Waals surface area contributed by atoms with Gasteiger partial charge in [0.2, 0.25) is 0 Å². The largest absolute Gasteiger partial charge is 0.478 e. The molecule has 0 atom stereocenters. The molecular weight excluding hydrogens is 382 g/mol. The lowest BCUT2D eigenvalue weighted by Gasteiger charge is -2.09. The summed E-state index contributed by atoms with van der Waals surface area (Å²) in [7, 11) is -3.89. The molecule has 0 saturated carbocycles. The number of hydrogen-bond donors (Lipinski definition) is 2. The van der Waals surface area contributed by atoms with Gasteiger partial charge in [0.25, 0.3) is 10.0 Å². The molecule has 0 heterocycles. The number of aromatic carboxylic acids is 1. The van der Waals surface area contributed by atoms with E-state index in [0.717, 1.165) is 6.07 Å². The van der Waals surface area contributed by atoms with Crippen LogP contribution >= 0.6 is 27.5 Å². The monoisotopic (exact) mass is 389 g/mol. The molecule has 110 valence electrons. The summed E-state index contributed by atoms with van der Waals surface area (Å²) in [5.74, 6) is -1.20. The second kappa shape index (κ2) is 6.05. The maximum atomic E-state index is 12.2. The molecule has 2 N–H and O–H groups in total. The van der Waals surface area contributed by atoms with Crippen molar-refractivity contribution >= 4 is 49.2 Å². The van der Waals surface area contributed by atoms with Crippen molar-refractivity contribution in [3.05, 3.63) is 57.5 Å². The second-order valence-corrected chi connectivity index (χ2v) is 7.01. The molecule has 0 aliphatic carbocycles. The van der Waals surface area contributed by atoms with E-state index in [9.17, 15) is 13.2 Å². The quantitative estimate of drug-likeness (QED) is 0.835. The second-order valence-electron chi connectivity index (χ2n) is 4.07. The zero-order chi connectivity index (χ0) is 15.6. The molecule has 0 spiro atoms. The molecule has 2 rings (SSSR count). The molecule has 0 radical (unpaired) electrons. The lowest BCUT2D eigenvalue weighted by molar-refractivity contribution is 0.0696. The normalized spacial score (nSPS) is 11.1. The number of nitrogens with one attached hydrogen (secondary N) is 1. The molecule has 0 aromatic heterocycles. The van der Waals surface area contributed by atoms with Crippen LogP contribution in [0.1, 0.15) is 10.4 Å². The van der Waals surface area contributed by atoms with Crippen molar-refractivity contribution < 1.29 is 18.3 Å². The Morgan fingerprint density at radius 1 is 1.19 bits per heavy atom. The van der Waals surface area contributed by atoms with E-state index in [1.165, 1.54) is 30.3 Å². The van der Waals surface area contributed by atoms with E-state index in [2.05, 4.69) is 20.7 Å². The fraction of sp³-hybridized carbons (Fsp3) is 0. The molecule has 0 aliphatic heterocycles. The van der Waals surface area contributed by atoms with Crippen molar-refractivity contribution in [3.63, 3.8) is 0 Å². The summed E-state index contributed by atoms with van der Waals surface area (Å²) in [6.45, 7) is 0. The van der Waals surface area contributed by atoms with Gasteiger partial charge in [0.05, 0.1) is 21.2 Å². The van der Waals surface area contributed by atoms with E-state index in [1.807, 2.05) is 0 Å². The number of benzene rings is 2. The molecule has 5 nitrogen and oxygen atoms in total. The van der Waals surface area contributed by atoms with Gasteiger partial charge >= 0.3 is 5.97 Å². The lowest BCUT2D eigenvalue weighted by atomic mass is 10.2. The summed E-state index contributed by atoms with van der Waals surface area (Å²) in [6, 6.07) is 9.68. The van der Waals surface area contributed by atoms with Crippen molar-refractivity contribution in [1.82, 2.24) is 0 Å². The predicted molar refractivity (Wildman–Crippen MR) is 83.4 cm³/mol. The van der Waals surface area contributed by atoms with E-state index in [0.29, 0.717) is 9.50 Å². The Morgan fingerprint density at radius 2 is 1.90 bits per heavy atom. The third-order valence-electron chi connectivity index (χ3n) is 2.56. The van der Waals surface area contributed by atoms with E-state index in [-0.39, 0.29) is 16.1 Å². The van der Waals surface area contributed by atoms with Gasteiger partial charge in [-0.1, -0.05) is 17.7 Å². The highest BCUT2D eigenvalue weighted by atomic mass is 79.9. The first kappa shape index (κ1) is 15.8. The Labute approximate surface area is 134 Å². The molecule has 0 aliphatic rings. The average molecular weight is 391 g/mol. The van der Waals surface area contributed by atoms with Crippen LogP contribution in [-0.2, 0) is 10.0 Å². The molecule has 2 aromatic rings. The summed E-state index contributed by atoms with van der Waals surface area (Å²) in [5, 5.41) is 9.25. The van der Waals surface area contributed by atoms with Gasteiger partial charge < -0.3 is 5.11 Å². The van der Waals surface area contributed by atoms with Crippen LogP contribution in [0.15, 0.2) is 51.8 Å². The van der Waals surface area contributed by atoms with Crippen molar-refractivity contribution in [1.29, 1.82) is 0 Å². The van der Waals surface area contributed by atoms with Crippen LogP contribution in [-0.4, -0.2) is 19.5 Å². The highest BCUT2D eigenvalue weighted by Crippen LogP contribution is 2.27. The number of rotatable bonds is 4. The smallest absolute Gasteiger partial charge is 0.335 e. The molecule has 0 saturated heterocycles. The minimum absolute atomic E-state index is 0.105. The van der Waals surface area contributed by atoms with Crippen LogP contribution in [0.25, 0.3) is 0 Å². The average Bonchev–Trinajstić information content (AvgIpc) is 2.43. The molecule has 0 fully saturated rings. The zero-order valence-electron chi connectivity index (χ0n) is 10.4. The number of carboxylic acids is 1. The fourth-order valence-corrected chi connectivity index (χ4v) is 3.09. The van der Waals surface area contributed by atoms with Crippen LogP contribution in [0, 0.1) is 0 Å². The van der Waals surface area contributed by atoms with E-state index < -0.39 is 16.0 Å². The molecule has 8 heteroatoms. The van der Waals surface area contributed by atoms with Gasteiger partial charge in [-0.2, -0.15) is 0 Å². The minimum atomic E-state index is -3.89. The van der Waals surface area contributed by atoms with Gasteiger partial charge in [0.1, 0.15) is 0 Å². The minimum Gasteiger partial charge on any atom is -0.478 e. The van der Waals surface area contributed by atoms with Gasteiger partial charge in [-0.25, -0.2) is 13.2 Å². The molecule has 2 aromatic carbocycles. The predicted octanol–water partition coefficient (Wildman–Crippen LogP) is 3.60. The Kier molecular flexibility index (Phi) is 4.55. The van der Waals surface area contributed by atoms with Crippen molar-refractivity contribution in [3.8, 4) is 0 Å². The molecular formula is C13H9BrClNO4S. The standard InChI is InChI=1S/C13H9BrClNO4S/c14-11-5-4-9(7-12(11)15)16-21(19,20)10-3-1-2-8(6-10)13(17)18/h1-7,16H,(H,17,18). The first-order valence-electron chi connectivity index (χ1n) is 5.61. The van der Waals surface area contributed by atoms with Crippen molar-refractivity contribution in [2.45, 2.75) is 4.90 Å². The van der Waals surface area contributed by atoms with Crippen LogP contribution in [0.2, 0.25) is 5.02 Å².